The second-order valence-corrected chi connectivity index (χ2v) is 2.94. The standard InChI is InChI=1S/C9H10FN5/c10-7-5-14-9(15(12)4-2-11)8-6(7)1-3-13-8/h1-5,13H,11-12H2/b4-2-. The Morgan fingerprint density at radius 3 is 3.07 bits per heavy atom. The van der Waals surface area contributed by atoms with Gasteiger partial charge in [0.1, 0.15) is 0 Å². The quantitative estimate of drug-likeness (QED) is 0.502. The molecule has 15 heavy (non-hydrogen) atoms. The summed E-state index contributed by atoms with van der Waals surface area (Å²) in [6, 6.07) is 1.62. The second kappa shape index (κ2) is 3.58. The third-order valence-electron chi connectivity index (χ3n) is 2.02. The number of halogens is 1. The third kappa shape index (κ3) is 1.50. The fourth-order valence-corrected chi connectivity index (χ4v) is 1.36. The summed E-state index contributed by atoms with van der Waals surface area (Å²) in [7, 11) is 0. The Hall–Kier alpha value is -2.08. The lowest BCUT2D eigenvalue weighted by Gasteiger charge is -2.12. The number of H-pyrrole nitrogens is 1. The summed E-state index contributed by atoms with van der Waals surface area (Å²) < 4.78 is 13.3. The molecule has 0 aliphatic rings. The van der Waals surface area contributed by atoms with Gasteiger partial charge in [0.15, 0.2) is 11.6 Å². The summed E-state index contributed by atoms with van der Waals surface area (Å²) in [5.41, 5.74) is 5.74. The van der Waals surface area contributed by atoms with E-state index in [9.17, 15) is 4.39 Å². The highest BCUT2D eigenvalue weighted by Gasteiger charge is 2.10. The number of aromatic nitrogens is 2. The van der Waals surface area contributed by atoms with Gasteiger partial charge in [-0.1, -0.05) is 0 Å². The van der Waals surface area contributed by atoms with E-state index >= 15 is 0 Å². The molecule has 5 N–H and O–H groups in total. The fourth-order valence-electron chi connectivity index (χ4n) is 1.36. The zero-order valence-corrected chi connectivity index (χ0v) is 7.81. The second-order valence-electron chi connectivity index (χ2n) is 2.94. The lowest BCUT2D eigenvalue weighted by atomic mass is 10.3. The van der Waals surface area contributed by atoms with Crippen molar-refractivity contribution in [1.82, 2.24) is 9.97 Å². The largest absolute Gasteiger partial charge is 0.403 e. The molecule has 0 amide bonds. The van der Waals surface area contributed by atoms with Crippen LogP contribution in [0.5, 0.6) is 0 Å². The Morgan fingerprint density at radius 1 is 1.53 bits per heavy atom. The number of hydrogen-bond donors (Lipinski definition) is 3. The third-order valence-corrected chi connectivity index (χ3v) is 2.02. The van der Waals surface area contributed by atoms with Gasteiger partial charge in [-0.05, 0) is 6.07 Å². The first-order valence-electron chi connectivity index (χ1n) is 4.28. The van der Waals surface area contributed by atoms with Gasteiger partial charge in [-0.25, -0.2) is 15.2 Å². The van der Waals surface area contributed by atoms with Crippen LogP contribution < -0.4 is 16.6 Å². The number of aromatic amines is 1. The number of anilines is 1. The van der Waals surface area contributed by atoms with Crippen molar-refractivity contribution in [3.63, 3.8) is 0 Å². The number of pyridine rings is 1. The summed E-state index contributed by atoms with van der Waals surface area (Å²) in [5, 5.41) is 1.67. The first kappa shape index (κ1) is 9.47. The number of hydrazine groups is 1. The molecule has 2 heterocycles. The molecule has 0 radical (unpaired) electrons. The van der Waals surface area contributed by atoms with Gasteiger partial charge >= 0.3 is 0 Å². The predicted molar refractivity (Wildman–Crippen MR) is 56.0 cm³/mol. The molecule has 0 saturated carbocycles. The molecule has 2 aromatic rings. The van der Waals surface area contributed by atoms with Crippen molar-refractivity contribution in [2.75, 3.05) is 5.01 Å². The molecule has 6 heteroatoms. The predicted octanol–water partition coefficient (Wildman–Crippen LogP) is 0.812. The molecule has 2 aromatic heterocycles. The maximum absolute atomic E-state index is 13.3. The summed E-state index contributed by atoms with van der Waals surface area (Å²) in [6.45, 7) is 0. The van der Waals surface area contributed by atoms with E-state index in [2.05, 4.69) is 9.97 Å². The van der Waals surface area contributed by atoms with E-state index in [-0.39, 0.29) is 5.82 Å². The van der Waals surface area contributed by atoms with Crippen LogP contribution >= 0.6 is 0 Å². The van der Waals surface area contributed by atoms with Crippen LogP contribution in [-0.4, -0.2) is 9.97 Å². The lowest BCUT2D eigenvalue weighted by molar-refractivity contribution is 0.634. The topological polar surface area (TPSA) is 84.0 Å². The van der Waals surface area contributed by atoms with Gasteiger partial charge in [0, 0.05) is 24.0 Å². The molecule has 0 aliphatic heterocycles. The van der Waals surface area contributed by atoms with Crippen LogP contribution in [0.25, 0.3) is 10.9 Å². The molecule has 0 spiro atoms. The molecule has 0 unspecified atom stereocenters. The van der Waals surface area contributed by atoms with Gasteiger partial charge in [-0.15, -0.1) is 0 Å². The summed E-state index contributed by atoms with van der Waals surface area (Å²) in [6.07, 6.45) is 5.45. The molecule has 2 rings (SSSR count). The summed E-state index contributed by atoms with van der Waals surface area (Å²) >= 11 is 0. The van der Waals surface area contributed by atoms with Gasteiger partial charge in [0.05, 0.1) is 11.7 Å². The highest BCUT2D eigenvalue weighted by molar-refractivity contribution is 5.89. The molecular formula is C9H10FN5. The van der Waals surface area contributed by atoms with Gasteiger partial charge in [-0.2, -0.15) is 0 Å². The molecule has 78 valence electrons. The number of fused-ring (bicyclic) bond motifs is 1. The van der Waals surface area contributed by atoms with Crippen LogP contribution in [0.3, 0.4) is 0 Å². The van der Waals surface area contributed by atoms with Gasteiger partial charge < -0.3 is 10.7 Å². The Balaban J connectivity index is 2.61. The molecule has 0 aromatic carbocycles. The smallest absolute Gasteiger partial charge is 0.171 e. The summed E-state index contributed by atoms with van der Waals surface area (Å²) in [4.78, 5) is 6.75. The molecule has 5 nitrogen and oxygen atoms in total. The van der Waals surface area contributed by atoms with Crippen molar-refractivity contribution in [2.24, 2.45) is 11.6 Å². The van der Waals surface area contributed by atoms with Crippen LogP contribution in [0.4, 0.5) is 10.2 Å². The fraction of sp³-hybridized carbons (Fsp3) is 0. The first-order valence-corrected chi connectivity index (χ1v) is 4.28. The van der Waals surface area contributed by atoms with Crippen LogP contribution in [0.2, 0.25) is 0 Å². The molecule has 0 atom stereocenters. The van der Waals surface area contributed by atoms with Crippen molar-refractivity contribution in [3.05, 3.63) is 36.7 Å². The Labute approximate surface area is 85.2 Å². The maximum Gasteiger partial charge on any atom is 0.171 e. The highest BCUT2D eigenvalue weighted by atomic mass is 19.1. The Bertz CT molecular complexity index is 504. The van der Waals surface area contributed by atoms with Gasteiger partial charge in [-0.3, -0.25) is 5.01 Å². The SMILES string of the molecule is N/C=C\N(N)c1ncc(F)c2cc[nH]c12. The van der Waals surface area contributed by atoms with Gasteiger partial charge in [0.25, 0.3) is 0 Å². The minimum Gasteiger partial charge on any atom is -0.403 e. The van der Waals surface area contributed by atoms with E-state index < -0.39 is 0 Å². The zero-order chi connectivity index (χ0) is 10.8. The van der Waals surface area contributed by atoms with Crippen LogP contribution in [-0.2, 0) is 0 Å². The van der Waals surface area contributed by atoms with Crippen molar-refractivity contribution in [2.45, 2.75) is 0 Å². The van der Waals surface area contributed by atoms with Crippen LogP contribution in [0.1, 0.15) is 0 Å². The van der Waals surface area contributed by atoms with Crippen LogP contribution in [0.15, 0.2) is 30.9 Å². The molecule has 0 bridgehead atoms. The number of nitrogens with two attached hydrogens (primary N) is 2. The molecule has 0 fully saturated rings. The van der Waals surface area contributed by atoms with E-state index in [1.54, 1.807) is 12.3 Å². The minimum absolute atomic E-state index is 0.389. The highest BCUT2D eigenvalue weighted by Crippen LogP contribution is 2.23. The maximum atomic E-state index is 13.3. The average molecular weight is 207 g/mol. The lowest BCUT2D eigenvalue weighted by Crippen LogP contribution is -2.25. The Morgan fingerprint density at radius 2 is 2.33 bits per heavy atom. The van der Waals surface area contributed by atoms with Crippen molar-refractivity contribution in [1.29, 1.82) is 0 Å². The van der Waals surface area contributed by atoms with Crippen LogP contribution in [0, 0.1) is 5.82 Å². The number of nitrogens with zero attached hydrogens (tertiary/aromatic N) is 2. The van der Waals surface area contributed by atoms with E-state index in [4.69, 9.17) is 11.6 Å². The molecule has 0 saturated heterocycles. The number of rotatable bonds is 2. The van der Waals surface area contributed by atoms with E-state index in [0.717, 1.165) is 6.20 Å². The number of hydrogen-bond acceptors (Lipinski definition) is 4. The molecular weight excluding hydrogens is 197 g/mol. The first-order chi connectivity index (χ1) is 7.24. The number of nitrogens with one attached hydrogen (secondary N) is 1. The van der Waals surface area contributed by atoms with Gasteiger partial charge in [0.2, 0.25) is 0 Å². The minimum atomic E-state index is -0.389. The van der Waals surface area contributed by atoms with E-state index in [1.807, 2.05) is 0 Å². The Kier molecular flexibility index (Phi) is 2.26. The van der Waals surface area contributed by atoms with Crippen molar-refractivity contribution < 1.29 is 4.39 Å². The van der Waals surface area contributed by atoms with Crippen molar-refractivity contribution >= 4 is 16.7 Å². The van der Waals surface area contributed by atoms with E-state index in [0.29, 0.717) is 16.7 Å². The monoisotopic (exact) mass is 207 g/mol. The average Bonchev–Trinajstić information content (AvgIpc) is 2.68. The normalized spacial score (nSPS) is 11.3. The molecule has 0 aliphatic carbocycles. The summed E-state index contributed by atoms with van der Waals surface area (Å²) in [5.74, 6) is 5.67. The zero-order valence-electron chi connectivity index (χ0n) is 7.81. The van der Waals surface area contributed by atoms with E-state index in [1.165, 1.54) is 17.4 Å². The van der Waals surface area contributed by atoms with Crippen molar-refractivity contribution in [3.8, 4) is 0 Å².